The first-order chi connectivity index (χ1) is 14.1. The molecular weight excluding hydrogens is 368 g/mol. The van der Waals surface area contributed by atoms with Gasteiger partial charge in [0.25, 0.3) is 0 Å². The van der Waals surface area contributed by atoms with Crippen molar-refractivity contribution in [3.8, 4) is 11.4 Å². The highest BCUT2D eigenvalue weighted by Crippen LogP contribution is 2.11. The molecule has 2 amide bonds. The predicted molar refractivity (Wildman–Crippen MR) is 108 cm³/mol. The van der Waals surface area contributed by atoms with Crippen molar-refractivity contribution in [3.63, 3.8) is 0 Å². The van der Waals surface area contributed by atoms with Crippen molar-refractivity contribution >= 4 is 11.8 Å². The Morgan fingerprint density at radius 1 is 1.03 bits per heavy atom. The molecule has 0 aliphatic heterocycles. The van der Waals surface area contributed by atoms with Crippen molar-refractivity contribution in [2.75, 3.05) is 0 Å². The Kier molecular flexibility index (Phi) is 7.05. The zero-order valence-electron chi connectivity index (χ0n) is 16.3. The Balaban J connectivity index is 1.37. The summed E-state index contributed by atoms with van der Waals surface area (Å²) in [4.78, 5) is 25.7. The fourth-order valence-corrected chi connectivity index (χ4v) is 2.74. The number of aromatic nitrogens is 4. The molecule has 0 aliphatic carbocycles. The summed E-state index contributed by atoms with van der Waals surface area (Å²) in [6, 6.07) is 18.6. The second-order valence-corrected chi connectivity index (χ2v) is 6.67. The average Bonchev–Trinajstić information content (AvgIpc) is 3.22. The Morgan fingerprint density at radius 3 is 2.45 bits per heavy atom. The lowest BCUT2D eigenvalue weighted by Crippen LogP contribution is -2.44. The number of amides is 2. The van der Waals surface area contributed by atoms with Crippen LogP contribution in [0.1, 0.15) is 25.3 Å². The summed E-state index contributed by atoms with van der Waals surface area (Å²) >= 11 is 0. The minimum Gasteiger partial charge on any atom is -0.350 e. The van der Waals surface area contributed by atoms with Crippen LogP contribution in [0.25, 0.3) is 11.4 Å². The molecule has 2 N–H and O–H groups in total. The molecular formula is C21H24N6O2. The van der Waals surface area contributed by atoms with Crippen molar-refractivity contribution in [3.05, 3.63) is 66.2 Å². The van der Waals surface area contributed by atoms with Gasteiger partial charge in [-0.25, -0.2) is 0 Å². The molecule has 0 fully saturated rings. The molecule has 2 aromatic carbocycles. The van der Waals surface area contributed by atoms with Crippen LogP contribution in [0.2, 0.25) is 0 Å². The van der Waals surface area contributed by atoms with Gasteiger partial charge in [-0.05, 0) is 24.1 Å². The van der Waals surface area contributed by atoms with E-state index in [1.165, 1.54) is 4.80 Å². The second kappa shape index (κ2) is 10.1. The van der Waals surface area contributed by atoms with Crippen LogP contribution >= 0.6 is 0 Å². The monoisotopic (exact) mass is 392 g/mol. The summed E-state index contributed by atoms with van der Waals surface area (Å²) in [5.74, 6) is 0.155. The largest absolute Gasteiger partial charge is 0.350 e. The van der Waals surface area contributed by atoms with E-state index >= 15 is 0 Å². The maximum atomic E-state index is 12.1. The lowest BCUT2D eigenvalue weighted by Gasteiger charge is -2.14. The molecule has 8 nitrogen and oxygen atoms in total. The molecule has 0 spiro atoms. The van der Waals surface area contributed by atoms with Gasteiger partial charge >= 0.3 is 0 Å². The lowest BCUT2D eigenvalue weighted by atomic mass is 10.2. The summed E-state index contributed by atoms with van der Waals surface area (Å²) in [5, 5.41) is 17.9. The van der Waals surface area contributed by atoms with E-state index in [0.29, 0.717) is 25.3 Å². The molecule has 1 aromatic heterocycles. The number of benzene rings is 2. The zero-order chi connectivity index (χ0) is 20.5. The molecule has 0 bridgehead atoms. The predicted octanol–water partition coefficient (Wildman–Crippen LogP) is 1.94. The fourth-order valence-electron chi connectivity index (χ4n) is 2.74. The quantitative estimate of drug-likeness (QED) is 0.579. The van der Waals surface area contributed by atoms with Crippen LogP contribution < -0.4 is 10.6 Å². The van der Waals surface area contributed by atoms with Crippen LogP contribution in [0.5, 0.6) is 0 Å². The molecule has 29 heavy (non-hydrogen) atoms. The van der Waals surface area contributed by atoms with Crippen molar-refractivity contribution in [1.29, 1.82) is 0 Å². The molecule has 3 rings (SSSR count). The third kappa shape index (κ3) is 6.24. The Labute approximate surface area is 169 Å². The first kappa shape index (κ1) is 20.2. The first-order valence-corrected chi connectivity index (χ1v) is 9.56. The van der Waals surface area contributed by atoms with Crippen molar-refractivity contribution in [2.45, 2.75) is 38.9 Å². The smallest absolute Gasteiger partial charge is 0.242 e. The number of carbonyl (C=O) groups excluding carboxylic acids is 2. The Morgan fingerprint density at radius 2 is 1.72 bits per heavy atom. The van der Waals surface area contributed by atoms with E-state index < -0.39 is 6.04 Å². The van der Waals surface area contributed by atoms with E-state index in [4.69, 9.17) is 0 Å². The van der Waals surface area contributed by atoms with Gasteiger partial charge in [-0.2, -0.15) is 4.80 Å². The van der Waals surface area contributed by atoms with Gasteiger partial charge in [0.1, 0.15) is 6.04 Å². The maximum absolute atomic E-state index is 12.1. The Bertz CT molecular complexity index is 927. The number of hydrogen-bond acceptors (Lipinski definition) is 5. The van der Waals surface area contributed by atoms with Gasteiger partial charge in [-0.3, -0.25) is 9.59 Å². The van der Waals surface area contributed by atoms with E-state index in [1.807, 2.05) is 60.7 Å². The van der Waals surface area contributed by atoms with Gasteiger partial charge < -0.3 is 10.6 Å². The number of tetrazole rings is 1. The highest BCUT2D eigenvalue weighted by Gasteiger charge is 2.15. The van der Waals surface area contributed by atoms with Crippen molar-refractivity contribution in [2.24, 2.45) is 0 Å². The number of hydrogen-bond donors (Lipinski definition) is 2. The van der Waals surface area contributed by atoms with Crippen LogP contribution in [0.4, 0.5) is 0 Å². The van der Waals surface area contributed by atoms with Gasteiger partial charge in [-0.15, -0.1) is 10.2 Å². The molecule has 8 heteroatoms. The highest BCUT2D eigenvalue weighted by molar-refractivity contribution is 5.87. The molecule has 1 unspecified atom stereocenters. The number of aryl methyl sites for hydroxylation is 1. The number of nitrogens with one attached hydrogen (secondary N) is 2. The molecule has 0 aliphatic rings. The van der Waals surface area contributed by atoms with Gasteiger partial charge in [0.05, 0.1) is 6.54 Å². The van der Waals surface area contributed by atoms with Gasteiger partial charge in [0.15, 0.2) is 0 Å². The van der Waals surface area contributed by atoms with Crippen LogP contribution in [0, 0.1) is 0 Å². The van der Waals surface area contributed by atoms with Crippen LogP contribution in [-0.4, -0.2) is 38.1 Å². The third-order valence-electron chi connectivity index (χ3n) is 4.33. The van der Waals surface area contributed by atoms with E-state index in [2.05, 4.69) is 26.0 Å². The summed E-state index contributed by atoms with van der Waals surface area (Å²) in [6.45, 7) is 2.58. The molecule has 0 saturated carbocycles. The summed E-state index contributed by atoms with van der Waals surface area (Å²) in [5.41, 5.74) is 1.90. The zero-order valence-corrected chi connectivity index (χ0v) is 16.3. The first-order valence-electron chi connectivity index (χ1n) is 9.56. The second-order valence-electron chi connectivity index (χ2n) is 6.67. The molecule has 150 valence electrons. The van der Waals surface area contributed by atoms with Crippen LogP contribution in [-0.2, 0) is 22.7 Å². The van der Waals surface area contributed by atoms with Crippen molar-refractivity contribution < 1.29 is 9.59 Å². The molecule has 0 radical (unpaired) electrons. The van der Waals surface area contributed by atoms with E-state index in [9.17, 15) is 9.59 Å². The van der Waals surface area contributed by atoms with Crippen LogP contribution in [0.3, 0.4) is 0 Å². The molecule has 0 saturated heterocycles. The van der Waals surface area contributed by atoms with Crippen LogP contribution in [0.15, 0.2) is 60.7 Å². The summed E-state index contributed by atoms with van der Waals surface area (Å²) in [6.07, 6.45) is 0.827. The molecule has 1 atom stereocenters. The minimum atomic E-state index is -0.597. The maximum Gasteiger partial charge on any atom is 0.242 e. The number of nitrogens with zero attached hydrogens (tertiary/aromatic N) is 4. The Hall–Kier alpha value is -3.55. The van der Waals surface area contributed by atoms with E-state index in [0.717, 1.165) is 11.1 Å². The number of carbonyl (C=O) groups is 2. The van der Waals surface area contributed by atoms with Gasteiger partial charge in [0, 0.05) is 18.5 Å². The summed E-state index contributed by atoms with van der Waals surface area (Å²) in [7, 11) is 0. The van der Waals surface area contributed by atoms with Gasteiger partial charge in [-0.1, -0.05) is 60.7 Å². The summed E-state index contributed by atoms with van der Waals surface area (Å²) < 4.78 is 0. The molecule has 1 heterocycles. The normalized spacial score (nSPS) is 11.6. The fraction of sp³-hybridized carbons (Fsp3) is 0.286. The van der Waals surface area contributed by atoms with E-state index in [1.54, 1.807) is 6.92 Å². The van der Waals surface area contributed by atoms with Crippen molar-refractivity contribution in [1.82, 2.24) is 30.8 Å². The topological polar surface area (TPSA) is 102 Å². The SMILES string of the molecule is CC(NC(=O)CCCn1nnc(-c2ccccc2)n1)C(=O)NCc1ccccc1. The standard InChI is InChI=1S/C21H24N6O2/c1-16(21(29)22-15-17-9-4-2-5-10-17)23-19(28)13-8-14-27-25-20(24-26-27)18-11-6-3-7-12-18/h2-7,9-12,16H,8,13-15H2,1H3,(H,22,29)(H,23,28). The minimum absolute atomic E-state index is 0.184. The van der Waals surface area contributed by atoms with E-state index in [-0.39, 0.29) is 18.2 Å². The third-order valence-corrected chi connectivity index (χ3v) is 4.33. The average molecular weight is 392 g/mol. The van der Waals surface area contributed by atoms with Gasteiger partial charge in [0.2, 0.25) is 17.6 Å². The lowest BCUT2D eigenvalue weighted by molar-refractivity contribution is -0.128. The molecule has 3 aromatic rings. The number of rotatable bonds is 9. The highest BCUT2D eigenvalue weighted by atomic mass is 16.2.